The smallest absolute Gasteiger partial charge is 0.251 e. The Morgan fingerprint density at radius 1 is 0.975 bits per heavy atom. The summed E-state index contributed by atoms with van der Waals surface area (Å²) >= 11 is 0. The van der Waals surface area contributed by atoms with Gasteiger partial charge in [-0.3, -0.25) is 24.0 Å². The lowest BCUT2D eigenvalue weighted by Crippen LogP contribution is -2.53. The molecule has 0 bridgehead atoms. The zero-order chi connectivity index (χ0) is 29.1. The first-order valence-corrected chi connectivity index (χ1v) is 14.6. The van der Waals surface area contributed by atoms with Gasteiger partial charge in [0.05, 0.1) is 12.6 Å². The highest BCUT2D eigenvalue weighted by atomic mass is 16.2. The van der Waals surface area contributed by atoms with Gasteiger partial charge in [-0.05, 0) is 69.7 Å². The summed E-state index contributed by atoms with van der Waals surface area (Å²) in [7, 11) is 0. The van der Waals surface area contributed by atoms with Gasteiger partial charge in [-0.1, -0.05) is 13.8 Å². The minimum atomic E-state index is -0.783. The Morgan fingerprint density at radius 3 is 2.25 bits per heavy atom. The normalized spacial score (nSPS) is 23.0. The lowest BCUT2D eigenvalue weighted by Gasteiger charge is -2.31. The Hall–Kier alpha value is -3.43. The Labute approximate surface area is 237 Å². The molecular weight excluding hydrogens is 510 g/mol. The monoisotopic (exact) mass is 553 g/mol. The van der Waals surface area contributed by atoms with Crippen LogP contribution in [-0.4, -0.2) is 101 Å². The summed E-state index contributed by atoms with van der Waals surface area (Å²) in [5, 5.41) is 2.93. The molecule has 3 saturated heterocycles. The first-order chi connectivity index (χ1) is 19.1. The van der Waals surface area contributed by atoms with Crippen LogP contribution in [-0.2, 0) is 19.2 Å². The van der Waals surface area contributed by atoms with Crippen molar-refractivity contribution < 1.29 is 24.0 Å². The van der Waals surface area contributed by atoms with E-state index < -0.39 is 24.2 Å². The number of hydrogen-bond acceptors (Lipinski definition) is 6. The molecule has 0 radical (unpaired) electrons. The summed E-state index contributed by atoms with van der Waals surface area (Å²) in [5.74, 6) is -1.00. The summed E-state index contributed by atoms with van der Waals surface area (Å²) in [6, 6.07) is 4.90. The van der Waals surface area contributed by atoms with Crippen LogP contribution in [0.3, 0.4) is 0 Å². The molecule has 3 aliphatic heterocycles. The van der Waals surface area contributed by atoms with Crippen LogP contribution >= 0.6 is 0 Å². The van der Waals surface area contributed by atoms with Crippen LogP contribution in [0, 0.1) is 5.92 Å². The maximum atomic E-state index is 13.8. The maximum absolute atomic E-state index is 13.8. The molecule has 3 aliphatic rings. The van der Waals surface area contributed by atoms with Crippen molar-refractivity contribution in [2.24, 2.45) is 5.92 Å². The molecule has 0 spiro atoms. The molecule has 0 saturated carbocycles. The van der Waals surface area contributed by atoms with Crippen LogP contribution < -0.4 is 10.2 Å². The molecule has 218 valence electrons. The summed E-state index contributed by atoms with van der Waals surface area (Å²) < 4.78 is 0. The third-order valence-corrected chi connectivity index (χ3v) is 8.50. The third-order valence-electron chi connectivity index (χ3n) is 8.50. The number of anilines is 1. The molecule has 40 heavy (non-hydrogen) atoms. The van der Waals surface area contributed by atoms with Gasteiger partial charge in [0.2, 0.25) is 17.7 Å². The molecule has 1 aromatic carbocycles. The number of carbonyl (C=O) groups excluding carboxylic acids is 5. The number of Topliss-reactive ketones (excluding diaryl/α,β-unsaturated/α-hetero) is 1. The van der Waals surface area contributed by atoms with E-state index in [1.165, 1.54) is 6.92 Å². The van der Waals surface area contributed by atoms with Gasteiger partial charge in [0, 0.05) is 44.4 Å². The molecule has 4 amide bonds. The van der Waals surface area contributed by atoms with Gasteiger partial charge in [0.25, 0.3) is 5.91 Å². The van der Waals surface area contributed by atoms with Crippen LogP contribution in [0.2, 0.25) is 0 Å². The average Bonchev–Trinajstić information content (AvgIpc) is 3.66. The first kappa shape index (κ1) is 29.6. The van der Waals surface area contributed by atoms with Gasteiger partial charge in [0.1, 0.15) is 18.1 Å². The van der Waals surface area contributed by atoms with E-state index in [9.17, 15) is 24.0 Å². The molecule has 4 atom stereocenters. The van der Waals surface area contributed by atoms with Gasteiger partial charge < -0.3 is 24.9 Å². The van der Waals surface area contributed by atoms with Crippen molar-refractivity contribution in [3.05, 3.63) is 29.8 Å². The number of fused-ring (bicyclic) bond motifs is 1. The van der Waals surface area contributed by atoms with Crippen LogP contribution in [0.5, 0.6) is 0 Å². The molecular formula is C30H43N5O5. The van der Waals surface area contributed by atoms with Gasteiger partial charge in [-0.25, -0.2) is 0 Å². The Morgan fingerprint density at radius 2 is 1.65 bits per heavy atom. The number of nitrogens with one attached hydrogen (secondary N) is 1. The molecule has 10 heteroatoms. The van der Waals surface area contributed by atoms with Crippen molar-refractivity contribution in [2.75, 3.05) is 37.6 Å². The number of hydrogen-bond donors (Lipinski definition) is 1. The van der Waals surface area contributed by atoms with E-state index in [0.717, 1.165) is 25.2 Å². The minimum Gasteiger partial charge on any atom is -0.372 e. The van der Waals surface area contributed by atoms with Crippen LogP contribution in [0.25, 0.3) is 0 Å². The van der Waals surface area contributed by atoms with Crippen molar-refractivity contribution in [1.82, 2.24) is 20.0 Å². The van der Waals surface area contributed by atoms with Crippen LogP contribution in [0.4, 0.5) is 5.69 Å². The zero-order valence-electron chi connectivity index (χ0n) is 24.4. The fourth-order valence-electron chi connectivity index (χ4n) is 6.50. The van der Waals surface area contributed by atoms with Gasteiger partial charge in [-0.15, -0.1) is 0 Å². The van der Waals surface area contributed by atoms with Crippen molar-refractivity contribution in [3.8, 4) is 0 Å². The highest BCUT2D eigenvalue weighted by Crippen LogP contribution is 2.33. The van der Waals surface area contributed by atoms with E-state index in [2.05, 4.69) is 24.1 Å². The van der Waals surface area contributed by atoms with Crippen LogP contribution in [0.1, 0.15) is 70.7 Å². The molecule has 4 unspecified atom stereocenters. The topological polar surface area (TPSA) is 110 Å². The average molecular weight is 554 g/mol. The summed E-state index contributed by atoms with van der Waals surface area (Å²) in [4.78, 5) is 72.6. The van der Waals surface area contributed by atoms with Crippen molar-refractivity contribution in [1.29, 1.82) is 0 Å². The number of benzene rings is 1. The van der Waals surface area contributed by atoms with Crippen molar-refractivity contribution >= 4 is 35.1 Å². The number of amides is 4. The van der Waals surface area contributed by atoms with E-state index >= 15 is 0 Å². The molecule has 0 aromatic heterocycles. The number of ketones is 1. The van der Waals surface area contributed by atoms with E-state index in [0.29, 0.717) is 37.9 Å². The molecule has 3 heterocycles. The SMILES string of the molecule is CCN(CC)c1ccc(C(=O)NC(CC(C)C)C(=O)N2CCC3C2C(=O)CN3C(=O)C2CCCN2C(C)=O)cc1. The predicted octanol–water partition coefficient (Wildman–Crippen LogP) is 2.07. The summed E-state index contributed by atoms with van der Waals surface area (Å²) in [5.41, 5.74) is 1.50. The predicted molar refractivity (Wildman–Crippen MR) is 152 cm³/mol. The second kappa shape index (κ2) is 12.4. The molecule has 1 aromatic rings. The van der Waals surface area contributed by atoms with Gasteiger partial charge >= 0.3 is 0 Å². The molecule has 1 N–H and O–H groups in total. The second-order valence-corrected chi connectivity index (χ2v) is 11.5. The second-order valence-electron chi connectivity index (χ2n) is 11.5. The molecule has 0 aliphatic carbocycles. The van der Waals surface area contributed by atoms with Crippen LogP contribution in [0.15, 0.2) is 24.3 Å². The van der Waals surface area contributed by atoms with Gasteiger partial charge in [0.15, 0.2) is 5.78 Å². The zero-order valence-corrected chi connectivity index (χ0v) is 24.4. The number of likely N-dealkylation sites (tertiary alicyclic amines) is 3. The fourth-order valence-corrected chi connectivity index (χ4v) is 6.50. The third kappa shape index (κ3) is 5.86. The molecule has 10 nitrogen and oxygen atoms in total. The molecule has 3 fully saturated rings. The number of rotatable bonds is 9. The van der Waals surface area contributed by atoms with Crippen molar-refractivity contribution in [2.45, 2.75) is 84.5 Å². The number of nitrogens with zero attached hydrogens (tertiary/aromatic N) is 4. The fraction of sp³-hybridized carbons (Fsp3) is 0.633. The Kier molecular flexibility index (Phi) is 9.15. The van der Waals surface area contributed by atoms with Gasteiger partial charge in [-0.2, -0.15) is 0 Å². The minimum absolute atomic E-state index is 0.0553. The first-order valence-electron chi connectivity index (χ1n) is 14.6. The quantitative estimate of drug-likeness (QED) is 0.501. The lowest BCUT2D eigenvalue weighted by atomic mass is 10.0. The largest absolute Gasteiger partial charge is 0.372 e. The Balaban J connectivity index is 1.47. The van der Waals surface area contributed by atoms with E-state index in [1.54, 1.807) is 26.8 Å². The highest BCUT2D eigenvalue weighted by Gasteiger charge is 2.53. The standard InChI is InChI=1S/C30H43N5O5/c1-6-32(7-2)22-12-10-21(11-13-22)28(38)31-23(17-19(3)4)29(39)34-16-14-24-27(34)26(37)18-35(24)30(40)25-9-8-15-33(25)20(5)36/h10-13,19,23-25,27H,6-9,14-18H2,1-5H3,(H,31,38). The Bertz CT molecular complexity index is 1130. The van der Waals surface area contributed by atoms with Crippen molar-refractivity contribution in [3.63, 3.8) is 0 Å². The van der Waals surface area contributed by atoms with E-state index in [4.69, 9.17) is 0 Å². The maximum Gasteiger partial charge on any atom is 0.251 e. The van der Waals surface area contributed by atoms with E-state index in [-0.39, 0.29) is 41.9 Å². The summed E-state index contributed by atoms with van der Waals surface area (Å²) in [6.07, 6.45) is 2.27. The lowest BCUT2D eigenvalue weighted by molar-refractivity contribution is -0.143. The summed E-state index contributed by atoms with van der Waals surface area (Å²) in [6.45, 7) is 12.1. The van der Waals surface area contributed by atoms with E-state index in [1.807, 2.05) is 26.0 Å². The highest BCUT2D eigenvalue weighted by molar-refractivity contribution is 6.01. The molecule has 4 rings (SSSR count). The number of carbonyl (C=O) groups is 5.